The van der Waals surface area contributed by atoms with Gasteiger partial charge in [-0.1, -0.05) is 59.1 Å². The van der Waals surface area contributed by atoms with Crippen molar-refractivity contribution in [1.82, 2.24) is 0 Å². The minimum absolute atomic E-state index is 0.633. The van der Waals surface area contributed by atoms with Gasteiger partial charge in [-0.25, -0.2) is 0 Å². The minimum atomic E-state index is 0.633. The van der Waals surface area contributed by atoms with E-state index in [-0.39, 0.29) is 0 Å². The molecule has 0 heterocycles. The van der Waals surface area contributed by atoms with Crippen LogP contribution in [0.5, 0.6) is 0 Å². The molecule has 0 aliphatic rings. The van der Waals surface area contributed by atoms with Crippen molar-refractivity contribution >= 4 is 47.0 Å². The van der Waals surface area contributed by atoms with Gasteiger partial charge in [0.15, 0.2) is 0 Å². The SMILES string of the molecule is Clc1ccc(/C=C/c2cc(Cl)cc(Cl)c2)cc1. The summed E-state index contributed by atoms with van der Waals surface area (Å²) in [6, 6.07) is 13.0. The Morgan fingerprint density at radius 2 is 1.12 bits per heavy atom. The smallest absolute Gasteiger partial charge is 0.0426 e. The Balaban J connectivity index is 2.22. The molecular formula is C14H9Cl3. The lowest BCUT2D eigenvalue weighted by molar-refractivity contribution is 1.64. The van der Waals surface area contributed by atoms with Crippen LogP contribution < -0.4 is 0 Å². The molecule has 0 N–H and O–H groups in total. The van der Waals surface area contributed by atoms with Crippen LogP contribution in [-0.2, 0) is 0 Å². The van der Waals surface area contributed by atoms with Gasteiger partial charge in [-0.15, -0.1) is 0 Å². The number of benzene rings is 2. The quantitative estimate of drug-likeness (QED) is 0.609. The monoisotopic (exact) mass is 282 g/mol. The summed E-state index contributed by atoms with van der Waals surface area (Å²) in [6.45, 7) is 0. The van der Waals surface area contributed by atoms with Gasteiger partial charge in [0, 0.05) is 15.1 Å². The van der Waals surface area contributed by atoms with Crippen molar-refractivity contribution in [2.24, 2.45) is 0 Å². The van der Waals surface area contributed by atoms with E-state index in [1.54, 1.807) is 6.07 Å². The molecule has 0 fully saturated rings. The molecule has 0 spiro atoms. The summed E-state index contributed by atoms with van der Waals surface area (Å²) in [6.07, 6.45) is 3.94. The highest BCUT2D eigenvalue weighted by Crippen LogP contribution is 2.21. The average molecular weight is 284 g/mol. The Hall–Kier alpha value is -0.950. The molecule has 0 saturated heterocycles. The van der Waals surface area contributed by atoms with Crippen LogP contribution in [0.15, 0.2) is 42.5 Å². The number of halogens is 3. The zero-order chi connectivity index (χ0) is 12.3. The third kappa shape index (κ3) is 3.78. The number of hydrogen-bond acceptors (Lipinski definition) is 0. The van der Waals surface area contributed by atoms with Gasteiger partial charge >= 0.3 is 0 Å². The van der Waals surface area contributed by atoms with Crippen LogP contribution in [0.2, 0.25) is 15.1 Å². The molecule has 86 valence electrons. The van der Waals surface area contributed by atoms with Crippen LogP contribution >= 0.6 is 34.8 Å². The van der Waals surface area contributed by atoms with Gasteiger partial charge in [-0.05, 0) is 41.5 Å². The first kappa shape index (κ1) is 12.5. The first-order chi connectivity index (χ1) is 8.13. The van der Waals surface area contributed by atoms with Crippen molar-refractivity contribution in [2.45, 2.75) is 0 Å². The predicted octanol–water partition coefficient (Wildman–Crippen LogP) is 5.82. The van der Waals surface area contributed by atoms with E-state index in [2.05, 4.69) is 0 Å². The molecule has 0 aliphatic carbocycles. The van der Waals surface area contributed by atoms with Crippen molar-refractivity contribution in [3.63, 3.8) is 0 Å². The van der Waals surface area contributed by atoms with Gasteiger partial charge in [0.05, 0.1) is 0 Å². The molecule has 0 aliphatic heterocycles. The van der Waals surface area contributed by atoms with E-state index < -0.39 is 0 Å². The van der Waals surface area contributed by atoms with Crippen LogP contribution in [0.1, 0.15) is 11.1 Å². The van der Waals surface area contributed by atoms with Crippen molar-refractivity contribution in [3.8, 4) is 0 Å². The normalized spacial score (nSPS) is 11.0. The van der Waals surface area contributed by atoms with Crippen LogP contribution in [0.25, 0.3) is 12.2 Å². The van der Waals surface area contributed by atoms with E-state index in [0.717, 1.165) is 16.1 Å². The summed E-state index contributed by atoms with van der Waals surface area (Å²) in [5, 5.41) is 1.99. The van der Waals surface area contributed by atoms with Crippen molar-refractivity contribution in [3.05, 3.63) is 68.7 Å². The molecule has 0 amide bonds. The van der Waals surface area contributed by atoms with Crippen LogP contribution in [0.4, 0.5) is 0 Å². The average Bonchev–Trinajstić information content (AvgIpc) is 2.27. The third-order valence-electron chi connectivity index (χ3n) is 2.22. The second-order valence-electron chi connectivity index (χ2n) is 3.59. The van der Waals surface area contributed by atoms with Gasteiger partial charge < -0.3 is 0 Å². The van der Waals surface area contributed by atoms with E-state index in [1.165, 1.54) is 0 Å². The fraction of sp³-hybridized carbons (Fsp3) is 0. The molecule has 2 aromatic carbocycles. The Morgan fingerprint density at radius 1 is 0.588 bits per heavy atom. The summed E-state index contributed by atoms with van der Waals surface area (Å²) < 4.78 is 0. The summed E-state index contributed by atoms with van der Waals surface area (Å²) in [4.78, 5) is 0. The molecule has 3 heteroatoms. The number of hydrogen-bond donors (Lipinski definition) is 0. The lowest BCUT2D eigenvalue weighted by atomic mass is 10.1. The Morgan fingerprint density at radius 3 is 1.71 bits per heavy atom. The van der Waals surface area contributed by atoms with E-state index in [9.17, 15) is 0 Å². The van der Waals surface area contributed by atoms with Gasteiger partial charge in [-0.3, -0.25) is 0 Å². The van der Waals surface area contributed by atoms with Gasteiger partial charge in [-0.2, -0.15) is 0 Å². The third-order valence-corrected chi connectivity index (χ3v) is 2.91. The molecule has 0 unspecified atom stereocenters. The maximum atomic E-state index is 5.92. The Labute approximate surface area is 115 Å². The van der Waals surface area contributed by atoms with Crippen molar-refractivity contribution in [2.75, 3.05) is 0 Å². The fourth-order valence-electron chi connectivity index (χ4n) is 1.44. The van der Waals surface area contributed by atoms with Crippen molar-refractivity contribution in [1.29, 1.82) is 0 Å². The molecule has 17 heavy (non-hydrogen) atoms. The second kappa shape index (κ2) is 5.59. The minimum Gasteiger partial charge on any atom is -0.0843 e. The molecule has 2 rings (SSSR count). The van der Waals surface area contributed by atoms with Crippen LogP contribution in [0.3, 0.4) is 0 Å². The van der Waals surface area contributed by atoms with Crippen LogP contribution in [-0.4, -0.2) is 0 Å². The molecular weight excluding hydrogens is 275 g/mol. The molecule has 0 nitrogen and oxygen atoms in total. The molecule has 0 saturated carbocycles. The maximum Gasteiger partial charge on any atom is 0.0426 e. The lowest BCUT2D eigenvalue weighted by Gasteiger charge is -1.98. The topological polar surface area (TPSA) is 0 Å². The molecule has 2 aromatic rings. The molecule has 0 bridgehead atoms. The zero-order valence-corrected chi connectivity index (χ0v) is 11.1. The summed E-state index contributed by atoms with van der Waals surface area (Å²) in [7, 11) is 0. The predicted molar refractivity (Wildman–Crippen MR) is 76.8 cm³/mol. The summed E-state index contributed by atoms with van der Waals surface area (Å²) in [5.74, 6) is 0. The number of rotatable bonds is 2. The summed E-state index contributed by atoms with van der Waals surface area (Å²) in [5.41, 5.74) is 2.04. The standard InChI is InChI=1S/C14H9Cl3/c15-12-5-3-10(4-6-12)1-2-11-7-13(16)9-14(17)8-11/h1-9H/b2-1+. The lowest BCUT2D eigenvalue weighted by Crippen LogP contribution is -1.74. The van der Waals surface area contributed by atoms with E-state index >= 15 is 0 Å². The Bertz CT molecular complexity index is 522. The largest absolute Gasteiger partial charge is 0.0843 e. The highest BCUT2D eigenvalue weighted by molar-refractivity contribution is 6.34. The van der Waals surface area contributed by atoms with Crippen molar-refractivity contribution < 1.29 is 0 Å². The van der Waals surface area contributed by atoms with Gasteiger partial charge in [0.1, 0.15) is 0 Å². The summed E-state index contributed by atoms with van der Waals surface area (Å²) >= 11 is 17.6. The molecule has 0 aromatic heterocycles. The highest BCUT2D eigenvalue weighted by atomic mass is 35.5. The van der Waals surface area contributed by atoms with E-state index in [0.29, 0.717) is 10.0 Å². The second-order valence-corrected chi connectivity index (χ2v) is 4.90. The van der Waals surface area contributed by atoms with Gasteiger partial charge in [0.25, 0.3) is 0 Å². The zero-order valence-electron chi connectivity index (χ0n) is 8.83. The maximum absolute atomic E-state index is 5.92. The van der Waals surface area contributed by atoms with Gasteiger partial charge in [0.2, 0.25) is 0 Å². The first-order valence-corrected chi connectivity index (χ1v) is 6.16. The molecule has 0 atom stereocenters. The first-order valence-electron chi connectivity index (χ1n) is 5.03. The Kier molecular flexibility index (Phi) is 4.11. The molecule has 0 radical (unpaired) electrons. The van der Waals surface area contributed by atoms with E-state index in [1.807, 2.05) is 48.6 Å². The highest BCUT2D eigenvalue weighted by Gasteiger charge is 1.95. The van der Waals surface area contributed by atoms with E-state index in [4.69, 9.17) is 34.8 Å². The fourth-order valence-corrected chi connectivity index (χ4v) is 2.11. The van der Waals surface area contributed by atoms with Crippen LogP contribution in [0, 0.1) is 0 Å².